The molecule has 4 heteroatoms. The summed E-state index contributed by atoms with van der Waals surface area (Å²) < 4.78 is 103. The minimum atomic E-state index is -0.655. The van der Waals surface area contributed by atoms with Crippen LogP contribution in [-0.4, -0.2) is 15.0 Å². The summed E-state index contributed by atoms with van der Waals surface area (Å²) in [5.41, 5.74) is 3.39. The van der Waals surface area contributed by atoms with Crippen molar-refractivity contribution in [3.05, 3.63) is 176 Å². The Labute approximate surface area is 299 Å². The quantitative estimate of drug-likeness (QED) is 0.182. The lowest BCUT2D eigenvalue weighted by Crippen LogP contribution is -2.00. The van der Waals surface area contributed by atoms with E-state index >= 15 is 0 Å². The molecule has 0 saturated heterocycles. The van der Waals surface area contributed by atoms with E-state index in [2.05, 4.69) is 0 Å². The lowest BCUT2D eigenvalue weighted by atomic mass is 10.00. The molecule has 0 spiro atoms. The van der Waals surface area contributed by atoms with Crippen LogP contribution in [0.5, 0.6) is 0 Å². The summed E-state index contributed by atoms with van der Waals surface area (Å²) in [6, 6.07) is 28.2. The van der Waals surface area contributed by atoms with Crippen molar-refractivity contribution >= 4 is 21.9 Å². The Morgan fingerprint density at radius 2 is 0.857 bits per heavy atom. The smallest absolute Gasteiger partial charge is 0.164 e. The Balaban J connectivity index is 1.30. The summed E-state index contributed by atoms with van der Waals surface area (Å²) in [4.78, 5) is 14.3. The zero-order valence-corrected chi connectivity index (χ0v) is 25.6. The van der Waals surface area contributed by atoms with Gasteiger partial charge in [-0.15, -0.1) is 0 Å². The predicted octanol–water partition coefficient (Wildman–Crippen LogP) is 11.8. The van der Waals surface area contributed by atoms with Gasteiger partial charge in [0.25, 0.3) is 0 Å². The average Bonchev–Trinajstić information content (AvgIpc) is 3.69. The molecular formula is C45H29N3O. The van der Waals surface area contributed by atoms with Crippen molar-refractivity contribution in [3.8, 4) is 67.5 Å². The maximum atomic E-state index is 9.59. The molecule has 0 N–H and O–H groups in total. The number of fused-ring (bicyclic) bond motifs is 3. The highest BCUT2D eigenvalue weighted by Gasteiger charge is 2.16. The van der Waals surface area contributed by atoms with Crippen molar-refractivity contribution in [2.75, 3.05) is 0 Å². The van der Waals surface area contributed by atoms with Crippen LogP contribution in [0.3, 0.4) is 0 Å². The van der Waals surface area contributed by atoms with Gasteiger partial charge in [-0.05, 0) is 39.9 Å². The number of rotatable bonds is 6. The van der Waals surface area contributed by atoms with E-state index in [0.29, 0.717) is 11.1 Å². The van der Waals surface area contributed by atoms with Gasteiger partial charge in [-0.3, -0.25) is 0 Å². The zero-order valence-electron chi connectivity index (χ0n) is 36.6. The van der Waals surface area contributed by atoms with Crippen molar-refractivity contribution < 1.29 is 19.5 Å². The molecule has 0 atom stereocenters. The molecule has 9 aromatic rings. The normalized spacial score (nSPS) is 14.4. The van der Waals surface area contributed by atoms with Gasteiger partial charge in [0.15, 0.2) is 17.5 Å². The van der Waals surface area contributed by atoms with E-state index in [0.717, 1.165) is 22.3 Å². The first kappa shape index (κ1) is 19.2. The fourth-order valence-corrected chi connectivity index (χ4v) is 5.72. The Hall–Kier alpha value is -6.65. The summed E-state index contributed by atoms with van der Waals surface area (Å²) in [5, 5.41) is -0.405. The third-order valence-corrected chi connectivity index (χ3v) is 8.17. The first-order valence-electron chi connectivity index (χ1n) is 21.0. The summed E-state index contributed by atoms with van der Waals surface area (Å²) >= 11 is 0. The van der Waals surface area contributed by atoms with Gasteiger partial charge in [-0.25, -0.2) is 15.0 Å². The zero-order chi connectivity index (χ0) is 42.1. The van der Waals surface area contributed by atoms with Gasteiger partial charge >= 0.3 is 0 Å². The number of benzene rings is 7. The van der Waals surface area contributed by atoms with E-state index in [1.807, 2.05) is 109 Å². The number of para-hydroxylation sites is 2. The van der Waals surface area contributed by atoms with E-state index in [9.17, 15) is 1.37 Å². The fourth-order valence-electron chi connectivity index (χ4n) is 5.72. The van der Waals surface area contributed by atoms with E-state index in [-0.39, 0.29) is 50.5 Å². The van der Waals surface area contributed by atoms with Crippen LogP contribution in [-0.2, 0) is 0 Å². The molecule has 0 bridgehead atoms. The third kappa shape index (κ3) is 5.45. The van der Waals surface area contributed by atoms with Crippen molar-refractivity contribution in [2.45, 2.75) is 0 Å². The maximum Gasteiger partial charge on any atom is 0.164 e. The topological polar surface area (TPSA) is 51.8 Å². The molecule has 0 amide bonds. The highest BCUT2D eigenvalue weighted by Crippen LogP contribution is 2.37. The van der Waals surface area contributed by atoms with Crippen LogP contribution in [0.25, 0.3) is 89.5 Å². The number of hydrogen-bond donors (Lipinski definition) is 0. The largest absolute Gasteiger partial charge is 0.455 e. The Morgan fingerprint density at radius 3 is 1.47 bits per heavy atom. The second-order valence-corrected chi connectivity index (χ2v) is 11.2. The summed E-state index contributed by atoms with van der Waals surface area (Å²) in [5.74, 6) is 0.216. The van der Waals surface area contributed by atoms with Gasteiger partial charge < -0.3 is 4.42 Å². The molecule has 0 fully saturated rings. The number of nitrogens with zero attached hydrogens (tertiary/aromatic N) is 3. The summed E-state index contributed by atoms with van der Waals surface area (Å²) in [6.07, 6.45) is 0. The van der Waals surface area contributed by atoms with E-state index < -0.39 is 72.0 Å². The van der Waals surface area contributed by atoms with Gasteiger partial charge in [0, 0.05) is 33.0 Å². The van der Waals surface area contributed by atoms with Crippen molar-refractivity contribution in [3.63, 3.8) is 0 Å². The first-order valence-corrected chi connectivity index (χ1v) is 15.5. The van der Waals surface area contributed by atoms with Crippen molar-refractivity contribution in [1.29, 1.82) is 0 Å². The van der Waals surface area contributed by atoms with Crippen molar-refractivity contribution in [1.82, 2.24) is 15.0 Å². The molecule has 0 radical (unpaired) electrons. The lowest BCUT2D eigenvalue weighted by molar-refractivity contribution is 0.670. The highest BCUT2D eigenvalue weighted by atomic mass is 16.3. The standard InChI is InChI=1S/C45H29N3O/c1-3-11-30(12-4-1)32-21-25-34(26-22-32)43-46-44(35-27-23-33(24-28-35)31-13-5-2-6-14-31)48-45(47-43)37-16-9-15-36(29-37)38-18-10-19-40-39-17-7-8-20-41(39)49-42(38)40/h1-29H/i7D,8D,9D,10D,15D,16D,17D,18D,19D,20D,29D. The molecule has 0 unspecified atom stereocenters. The van der Waals surface area contributed by atoms with Crippen LogP contribution >= 0.6 is 0 Å². The Morgan fingerprint density at radius 1 is 0.388 bits per heavy atom. The van der Waals surface area contributed by atoms with Crippen molar-refractivity contribution in [2.24, 2.45) is 0 Å². The second kappa shape index (κ2) is 12.2. The molecule has 49 heavy (non-hydrogen) atoms. The summed E-state index contributed by atoms with van der Waals surface area (Å²) in [6.45, 7) is 0. The van der Waals surface area contributed by atoms with Crippen LogP contribution in [0, 0.1) is 0 Å². The molecule has 2 heterocycles. The molecule has 0 aliphatic rings. The van der Waals surface area contributed by atoms with Gasteiger partial charge in [0.2, 0.25) is 0 Å². The van der Waals surface area contributed by atoms with Gasteiger partial charge in [-0.1, -0.05) is 164 Å². The lowest BCUT2D eigenvalue weighted by Gasteiger charge is -2.11. The predicted molar refractivity (Wildman–Crippen MR) is 200 cm³/mol. The summed E-state index contributed by atoms with van der Waals surface area (Å²) in [7, 11) is 0. The number of furan rings is 1. The molecule has 9 rings (SSSR count). The third-order valence-electron chi connectivity index (χ3n) is 8.17. The monoisotopic (exact) mass is 638 g/mol. The number of hydrogen-bond acceptors (Lipinski definition) is 4. The van der Waals surface area contributed by atoms with E-state index in [1.54, 1.807) is 0 Å². The maximum absolute atomic E-state index is 9.59. The Kier molecular flexibility index (Phi) is 4.78. The number of aromatic nitrogens is 3. The molecular weight excluding hydrogens is 599 g/mol. The van der Waals surface area contributed by atoms with E-state index in [1.165, 1.54) is 0 Å². The van der Waals surface area contributed by atoms with Gasteiger partial charge in [0.05, 0.1) is 15.1 Å². The van der Waals surface area contributed by atoms with Crippen LogP contribution in [0.15, 0.2) is 180 Å². The fraction of sp³-hybridized carbons (Fsp3) is 0. The molecule has 2 aromatic heterocycles. The molecule has 4 nitrogen and oxygen atoms in total. The van der Waals surface area contributed by atoms with Crippen LogP contribution < -0.4 is 0 Å². The first-order chi connectivity index (χ1) is 28.8. The molecule has 0 aliphatic carbocycles. The highest BCUT2D eigenvalue weighted by molar-refractivity contribution is 6.09. The minimum Gasteiger partial charge on any atom is -0.455 e. The molecule has 230 valence electrons. The van der Waals surface area contributed by atoms with Gasteiger partial charge in [-0.2, -0.15) is 0 Å². The molecule has 0 aliphatic heterocycles. The molecule has 7 aromatic carbocycles. The second-order valence-electron chi connectivity index (χ2n) is 11.2. The van der Waals surface area contributed by atoms with Crippen LogP contribution in [0.1, 0.15) is 15.1 Å². The van der Waals surface area contributed by atoms with Crippen LogP contribution in [0.4, 0.5) is 0 Å². The Bertz CT molecular complexity index is 3090. The SMILES string of the molecule is [2H]c1c([2H])c(-c2nc(-c3ccc(-c4ccccc4)cc3)nc(-c3ccc(-c4ccccc4)cc3)n2)c([2H])c(-c2c([2H])c([2H])c([2H])c3c2oc2c([2H])c([2H])c([2H])c([2H])c23)c1[2H]. The van der Waals surface area contributed by atoms with Gasteiger partial charge in [0.1, 0.15) is 11.2 Å². The average molecular weight is 639 g/mol. The van der Waals surface area contributed by atoms with Crippen LogP contribution in [0.2, 0.25) is 0 Å². The minimum absolute atomic E-state index is 0.172. The van der Waals surface area contributed by atoms with E-state index in [4.69, 9.17) is 33.1 Å². The molecule has 0 saturated carbocycles.